The minimum Gasteiger partial charge on any atom is -0.0801 e. The van der Waals surface area contributed by atoms with Crippen LogP contribution in [0.2, 0.25) is 0 Å². The van der Waals surface area contributed by atoms with Crippen molar-refractivity contribution < 1.29 is 0 Å². The van der Waals surface area contributed by atoms with E-state index in [1.165, 1.54) is 21.7 Å². The maximum absolute atomic E-state index is 2.22. The zero-order chi connectivity index (χ0) is 10.3. The molecule has 0 atom stereocenters. The van der Waals surface area contributed by atoms with Crippen LogP contribution in [0.3, 0.4) is 0 Å². The number of hydrogen-bond donors (Lipinski definition) is 0. The van der Waals surface area contributed by atoms with Gasteiger partial charge in [0.25, 0.3) is 0 Å². The lowest BCUT2D eigenvalue weighted by molar-refractivity contribution is 1.30. The first kappa shape index (κ1) is 10.5. The molecule has 15 heavy (non-hydrogen) atoms. The molecule has 1 radical (unpaired) electrons. The first-order valence-corrected chi connectivity index (χ1v) is 6.98. The van der Waals surface area contributed by atoms with Crippen molar-refractivity contribution in [3.8, 4) is 0 Å². The summed E-state index contributed by atoms with van der Waals surface area (Å²) in [6.07, 6.45) is 0. The maximum Gasteiger partial charge on any atom is 0.214 e. The van der Waals surface area contributed by atoms with Crippen molar-refractivity contribution >= 4 is 15.2 Å². The number of hydrogen-bond acceptors (Lipinski definition) is 0. The Morgan fingerprint density at radius 3 is 1.40 bits per heavy atom. The summed E-state index contributed by atoms with van der Waals surface area (Å²) in [6.45, 7) is 0. The van der Waals surface area contributed by atoms with Gasteiger partial charge >= 0.3 is 0 Å². The molecule has 73 valence electrons. The van der Waals surface area contributed by atoms with Gasteiger partial charge in [0, 0.05) is 0 Å². The lowest BCUT2D eigenvalue weighted by Gasteiger charge is -2.00. The van der Waals surface area contributed by atoms with Gasteiger partial charge < -0.3 is 0 Å². The van der Waals surface area contributed by atoms with Crippen LogP contribution < -0.4 is 0 Å². The molecule has 0 N–H and O–H groups in total. The van der Waals surface area contributed by atoms with E-state index < -0.39 is 0 Å². The van der Waals surface area contributed by atoms with Crippen molar-refractivity contribution in [1.82, 2.24) is 0 Å². The van der Waals surface area contributed by atoms with Crippen LogP contribution in [-0.4, -0.2) is 15.2 Å². The van der Waals surface area contributed by atoms with E-state index in [0.717, 1.165) is 0 Å². The average molecular weight is 209 g/mol. The number of rotatable bonds is 4. The van der Waals surface area contributed by atoms with E-state index in [2.05, 4.69) is 60.7 Å². The fourth-order valence-corrected chi connectivity index (χ4v) is 2.99. The van der Waals surface area contributed by atoms with Crippen molar-refractivity contribution in [2.75, 3.05) is 0 Å². The lowest BCUT2D eigenvalue weighted by atomic mass is 10.2. The van der Waals surface area contributed by atoms with Crippen molar-refractivity contribution in [3.63, 3.8) is 0 Å². The fraction of sp³-hybridized carbons (Fsp3) is 0.143. The molecule has 0 spiro atoms. The van der Waals surface area contributed by atoms with Gasteiger partial charge in [0.05, 0.1) is 0 Å². The van der Waals surface area contributed by atoms with Gasteiger partial charge in [-0.05, 0) is 0 Å². The topological polar surface area (TPSA) is 0 Å². The monoisotopic (exact) mass is 209 g/mol. The summed E-state index contributed by atoms with van der Waals surface area (Å²) in [6, 6.07) is 21.5. The van der Waals surface area contributed by atoms with Gasteiger partial charge in [-0.25, -0.2) is 0 Å². The molecular weight excluding hydrogens is 195 g/mol. The summed E-state index contributed by atoms with van der Waals surface area (Å²) >= 11 is 0.501. The van der Waals surface area contributed by atoms with E-state index >= 15 is 0 Å². The molecule has 0 saturated heterocycles. The summed E-state index contributed by atoms with van der Waals surface area (Å²) in [5.74, 6) is 0. The standard InChI is InChI=1S/2C7H7.Al/c2*1-7-5-3-2-4-6-7;/h2*2-6H,1H2;. The van der Waals surface area contributed by atoms with Crippen molar-refractivity contribution in [1.29, 1.82) is 0 Å². The summed E-state index contributed by atoms with van der Waals surface area (Å²) < 4.78 is 0. The van der Waals surface area contributed by atoms with Gasteiger partial charge in [-0.3, -0.25) is 0 Å². The van der Waals surface area contributed by atoms with Crippen LogP contribution in [0.1, 0.15) is 11.1 Å². The Balaban J connectivity index is 1.81. The molecule has 2 aromatic rings. The van der Waals surface area contributed by atoms with E-state index in [1.54, 1.807) is 0 Å². The molecule has 0 nitrogen and oxygen atoms in total. The minimum atomic E-state index is 0.501. The maximum atomic E-state index is 2.22. The molecule has 0 amide bonds. The van der Waals surface area contributed by atoms with Crippen LogP contribution in [0.5, 0.6) is 0 Å². The Morgan fingerprint density at radius 2 is 1.00 bits per heavy atom. The fourth-order valence-electron chi connectivity index (χ4n) is 1.63. The van der Waals surface area contributed by atoms with Crippen molar-refractivity contribution in [2.24, 2.45) is 0 Å². The van der Waals surface area contributed by atoms with Crippen LogP contribution in [0.15, 0.2) is 60.7 Å². The van der Waals surface area contributed by atoms with Gasteiger partial charge in [0.15, 0.2) is 0 Å². The molecule has 0 saturated carbocycles. The molecule has 0 bridgehead atoms. The lowest BCUT2D eigenvalue weighted by Crippen LogP contribution is -2.01. The quantitative estimate of drug-likeness (QED) is 0.679. The molecule has 1 heteroatoms. The van der Waals surface area contributed by atoms with Crippen LogP contribution >= 0.6 is 0 Å². The Labute approximate surface area is 97.7 Å². The van der Waals surface area contributed by atoms with Gasteiger partial charge in [0.1, 0.15) is 0 Å². The Hall–Kier alpha value is -1.03. The molecule has 0 aliphatic heterocycles. The van der Waals surface area contributed by atoms with Crippen LogP contribution in [0.4, 0.5) is 0 Å². The second kappa shape index (κ2) is 5.76. The highest BCUT2D eigenvalue weighted by atomic mass is 27.1. The minimum absolute atomic E-state index is 0.501. The first-order chi connectivity index (χ1) is 7.45. The third-order valence-corrected chi connectivity index (χ3v) is 3.97. The highest BCUT2D eigenvalue weighted by Gasteiger charge is 1.96. The van der Waals surface area contributed by atoms with E-state index in [0.29, 0.717) is 15.2 Å². The predicted molar refractivity (Wildman–Crippen MR) is 66.0 cm³/mol. The molecule has 0 unspecified atom stereocenters. The second-order valence-corrected chi connectivity index (χ2v) is 5.06. The van der Waals surface area contributed by atoms with Crippen LogP contribution in [0, 0.1) is 0 Å². The zero-order valence-corrected chi connectivity index (χ0v) is 9.92. The summed E-state index contributed by atoms with van der Waals surface area (Å²) in [4.78, 5) is 0. The molecule has 0 fully saturated rings. The van der Waals surface area contributed by atoms with Crippen molar-refractivity contribution in [3.05, 3.63) is 71.8 Å². The zero-order valence-electron chi connectivity index (χ0n) is 8.77. The van der Waals surface area contributed by atoms with Crippen molar-refractivity contribution in [2.45, 2.75) is 10.6 Å². The molecule has 0 aliphatic carbocycles. The largest absolute Gasteiger partial charge is 0.214 e. The highest BCUT2D eigenvalue weighted by Crippen LogP contribution is 2.02. The molecule has 2 rings (SSSR count). The van der Waals surface area contributed by atoms with Gasteiger partial charge in [-0.15, -0.1) is 0 Å². The molecular formula is C14H14Al. The Morgan fingerprint density at radius 1 is 0.600 bits per heavy atom. The molecule has 0 heterocycles. The van der Waals surface area contributed by atoms with E-state index in [-0.39, 0.29) is 0 Å². The summed E-state index contributed by atoms with van der Waals surface area (Å²) in [7, 11) is 0. The van der Waals surface area contributed by atoms with Crippen LogP contribution in [0.25, 0.3) is 0 Å². The molecule has 0 aliphatic rings. The normalized spacial score (nSPS) is 9.87. The Bertz CT molecular complexity index is 341. The average Bonchev–Trinajstić information content (AvgIpc) is 2.32. The van der Waals surface area contributed by atoms with Gasteiger partial charge in [-0.1, -0.05) is 82.4 Å². The summed E-state index contributed by atoms with van der Waals surface area (Å²) in [5, 5.41) is 2.52. The molecule has 0 aromatic heterocycles. The van der Waals surface area contributed by atoms with E-state index in [4.69, 9.17) is 0 Å². The SMILES string of the molecule is c1ccc([CH2][Al][CH2]c2ccccc2)cc1. The second-order valence-electron chi connectivity index (χ2n) is 3.67. The van der Waals surface area contributed by atoms with Crippen LogP contribution in [-0.2, 0) is 10.6 Å². The smallest absolute Gasteiger partial charge is 0.0801 e. The number of benzene rings is 2. The third kappa shape index (κ3) is 3.55. The summed E-state index contributed by atoms with van der Waals surface area (Å²) in [5.41, 5.74) is 2.95. The third-order valence-electron chi connectivity index (χ3n) is 2.45. The molecule has 2 aromatic carbocycles. The van der Waals surface area contributed by atoms with E-state index in [1.807, 2.05) is 0 Å². The van der Waals surface area contributed by atoms with Gasteiger partial charge in [-0.2, -0.15) is 0 Å². The van der Waals surface area contributed by atoms with E-state index in [9.17, 15) is 0 Å². The highest BCUT2D eigenvalue weighted by molar-refractivity contribution is 6.34. The first-order valence-electron chi connectivity index (χ1n) is 5.34. The predicted octanol–water partition coefficient (Wildman–Crippen LogP) is 3.09. The Kier molecular flexibility index (Phi) is 4.03. The van der Waals surface area contributed by atoms with Gasteiger partial charge in [0.2, 0.25) is 15.2 Å².